The number of nitrogens with one attached hydrogen (secondary N) is 1. The third-order valence-electron chi connectivity index (χ3n) is 6.33. The van der Waals surface area contributed by atoms with Gasteiger partial charge in [0.05, 0.1) is 24.3 Å². The Labute approximate surface area is 193 Å². The third-order valence-corrected chi connectivity index (χ3v) is 6.33. The van der Waals surface area contributed by atoms with Crippen LogP contribution in [0.15, 0.2) is 55.4 Å². The minimum absolute atomic E-state index is 0.113. The van der Waals surface area contributed by atoms with Gasteiger partial charge in [-0.1, -0.05) is 18.7 Å². The maximum absolute atomic E-state index is 13.2. The van der Waals surface area contributed by atoms with Crippen LogP contribution in [0.3, 0.4) is 0 Å². The normalized spacial score (nSPS) is 16.0. The molecular weight excluding hydrogens is 443 g/mol. The molecule has 5 rings (SSSR count). The minimum Gasteiger partial charge on any atom is -0.346 e. The lowest BCUT2D eigenvalue weighted by molar-refractivity contribution is -0.137. The number of alkyl halides is 3. The SMILES string of the molecule is C=CC(=O)N1Cc2c(-c3ccnc4[nH]cc(C)c34)c(-c3ccc(C(F)(F)F)cc3)nn2C[C@H]1C. The Morgan fingerprint density at radius 1 is 1.24 bits per heavy atom. The van der Waals surface area contributed by atoms with Crippen molar-refractivity contribution < 1.29 is 18.0 Å². The van der Waals surface area contributed by atoms with Gasteiger partial charge in [-0.05, 0) is 49.2 Å². The van der Waals surface area contributed by atoms with Crippen LogP contribution in [0.1, 0.15) is 23.7 Å². The molecule has 1 atom stereocenters. The number of benzene rings is 1. The van der Waals surface area contributed by atoms with Crippen molar-refractivity contribution in [1.29, 1.82) is 0 Å². The highest BCUT2D eigenvalue weighted by atomic mass is 19.4. The average Bonchev–Trinajstić information content (AvgIpc) is 3.38. The topological polar surface area (TPSA) is 66.8 Å². The number of amides is 1. The van der Waals surface area contributed by atoms with Crippen LogP contribution in [0.25, 0.3) is 33.4 Å². The molecule has 0 spiro atoms. The molecule has 9 heteroatoms. The number of fused-ring (bicyclic) bond motifs is 2. The van der Waals surface area contributed by atoms with Gasteiger partial charge in [0.1, 0.15) is 11.3 Å². The second-order valence-electron chi connectivity index (χ2n) is 8.50. The summed E-state index contributed by atoms with van der Waals surface area (Å²) in [7, 11) is 0. The van der Waals surface area contributed by atoms with E-state index >= 15 is 0 Å². The lowest BCUT2D eigenvalue weighted by Crippen LogP contribution is -2.44. The number of H-pyrrole nitrogens is 1. The van der Waals surface area contributed by atoms with Crippen molar-refractivity contribution >= 4 is 16.9 Å². The second-order valence-corrected chi connectivity index (χ2v) is 8.50. The molecule has 1 aromatic carbocycles. The highest BCUT2D eigenvalue weighted by Gasteiger charge is 2.33. The molecule has 174 valence electrons. The highest BCUT2D eigenvalue weighted by Crippen LogP contribution is 2.41. The number of carbonyl (C=O) groups is 1. The van der Waals surface area contributed by atoms with E-state index in [0.29, 0.717) is 30.0 Å². The molecule has 0 aliphatic carbocycles. The number of rotatable bonds is 3. The molecule has 1 aliphatic heterocycles. The standard InChI is InChI=1S/C25H22F3N5O/c1-4-20(34)32-13-19-22(18-9-10-29-24-21(18)14(2)11-30-24)23(31-33(19)12-15(32)3)16-5-7-17(8-6-16)25(26,27)28/h4-11,15H,1,12-13H2,2-3H3,(H,29,30)/t15-/m1/s1. The van der Waals surface area contributed by atoms with Crippen LogP contribution < -0.4 is 0 Å². The van der Waals surface area contributed by atoms with E-state index in [1.165, 1.54) is 18.2 Å². The van der Waals surface area contributed by atoms with Crippen LogP contribution in [0.4, 0.5) is 13.2 Å². The van der Waals surface area contributed by atoms with Gasteiger partial charge in [-0.25, -0.2) is 4.98 Å². The number of carbonyl (C=O) groups excluding carboxylic acids is 1. The van der Waals surface area contributed by atoms with Gasteiger partial charge in [0, 0.05) is 34.9 Å². The van der Waals surface area contributed by atoms with E-state index < -0.39 is 11.7 Å². The molecule has 4 aromatic rings. The number of hydrogen-bond acceptors (Lipinski definition) is 3. The molecule has 1 aliphatic rings. The molecule has 1 amide bonds. The predicted molar refractivity (Wildman–Crippen MR) is 123 cm³/mol. The fourth-order valence-electron chi connectivity index (χ4n) is 4.62. The van der Waals surface area contributed by atoms with Gasteiger partial charge in [0.25, 0.3) is 0 Å². The van der Waals surface area contributed by atoms with E-state index in [0.717, 1.165) is 39.9 Å². The average molecular weight is 465 g/mol. The first-order valence-corrected chi connectivity index (χ1v) is 10.8. The molecule has 0 radical (unpaired) electrons. The summed E-state index contributed by atoms with van der Waals surface area (Å²) >= 11 is 0. The first kappa shape index (κ1) is 21.9. The van der Waals surface area contributed by atoms with Crippen LogP contribution >= 0.6 is 0 Å². The lowest BCUT2D eigenvalue weighted by Gasteiger charge is -2.33. The van der Waals surface area contributed by atoms with Crippen LogP contribution in [0.5, 0.6) is 0 Å². The molecule has 0 saturated carbocycles. The maximum atomic E-state index is 13.2. The molecule has 34 heavy (non-hydrogen) atoms. The minimum atomic E-state index is -4.42. The molecule has 1 N–H and O–H groups in total. The molecule has 0 bridgehead atoms. The smallest absolute Gasteiger partial charge is 0.346 e. The number of aromatic nitrogens is 4. The monoisotopic (exact) mass is 465 g/mol. The van der Waals surface area contributed by atoms with Crippen molar-refractivity contribution in [2.75, 3.05) is 0 Å². The third kappa shape index (κ3) is 3.48. The van der Waals surface area contributed by atoms with Crippen LogP contribution in [0, 0.1) is 6.92 Å². The number of nitrogens with zero attached hydrogens (tertiary/aromatic N) is 4. The Balaban J connectivity index is 1.76. The summed E-state index contributed by atoms with van der Waals surface area (Å²) in [6, 6.07) is 6.79. The Bertz CT molecular complexity index is 1420. The van der Waals surface area contributed by atoms with E-state index in [-0.39, 0.29) is 11.9 Å². The maximum Gasteiger partial charge on any atom is 0.416 e. The van der Waals surface area contributed by atoms with Gasteiger partial charge >= 0.3 is 6.18 Å². The molecule has 0 fully saturated rings. The molecule has 3 aromatic heterocycles. The van der Waals surface area contributed by atoms with Gasteiger partial charge in [0.15, 0.2) is 0 Å². The van der Waals surface area contributed by atoms with E-state index in [9.17, 15) is 18.0 Å². The fourth-order valence-corrected chi connectivity index (χ4v) is 4.62. The van der Waals surface area contributed by atoms with Crippen LogP contribution in [-0.2, 0) is 24.1 Å². The summed E-state index contributed by atoms with van der Waals surface area (Å²) in [6.45, 7) is 8.28. The summed E-state index contributed by atoms with van der Waals surface area (Å²) in [5.41, 5.74) is 4.57. The van der Waals surface area contributed by atoms with Crippen LogP contribution in [0.2, 0.25) is 0 Å². The summed E-state index contributed by atoms with van der Waals surface area (Å²) in [5, 5.41) is 5.73. The lowest BCUT2D eigenvalue weighted by atomic mass is 9.95. The molecule has 4 heterocycles. The first-order valence-electron chi connectivity index (χ1n) is 10.8. The molecule has 6 nitrogen and oxygen atoms in total. The van der Waals surface area contributed by atoms with E-state index in [4.69, 9.17) is 5.10 Å². The largest absolute Gasteiger partial charge is 0.416 e. The van der Waals surface area contributed by atoms with Gasteiger partial charge in [-0.3, -0.25) is 9.48 Å². The van der Waals surface area contributed by atoms with Crippen molar-refractivity contribution in [3.05, 3.63) is 72.2 Å². The van der Waals surface area contributed by atoms with Gasteiger partial charge in [-0.15, -0.1) is 0 Å². The zero-order valence-electron chi connectivity index (χ0n) is 18.6. The predicted octanol–water partition coefficient (Wildman–Crippen LogP) is 5.34. The Hall–Kier alpha value is -3.88. The quantitative estimate of drug-likeness (QED) is 0.416. The Morgan fingerprint density at radius 3 is 2.65 bits per heavy atom. The summed E-state index contributed by atoms with van der Waals surface area (Å²) in [6.07, 6.45) is 0.423. The summed E-state index contributed by atoms with van der Waals surface area (Å²) in [4.78, 5) is 21.8. The van der Waals surface area contributed by atoms with Crippen LogP contribution in [-0.4, -0.2) is 36.6 Å². The number of aryl methyl sites for hydroxylation is 1. The Kier molecular flexibility index (Phi) is 5.07. The number of halogens is 3. The van der Waals surface area contributed by atoms with Gasteiger partial charge in [-0.2, -0.15) is 18.3 Å². The van der Waals surface area contributed by atoms with E-state index in [1.54, 1.807) is 11.1 Å². The van der Waals surface area contributed by atoms with Crippen molar-refractivity contribution in [1.82, 2.24) is 24.6 Å². The Morgan fingerprint density at radius 2 is 1.97 bits per heavy atom. The number of hydrogen-bond donors (Lipinski definition) is 1. The van der Waals surface area contributed by atoms with Gasteiger partial charge in [0.2, 0.25) is 5.91 Å². The van der Waals surface area contributed by atoms with Crippen molar-refractivity contribution in [2.24, 2.45) is 0 Å². The zero-order valence-corrected chi connectivity index (χ0v) is 18.6. The fraction of sp³-hybridized carbons (Fsp3) is 0.240. The summed E-state index contributed by atoms with van der Waals surface area (Å²) < 4.78 is 41.3. The molecule has 0 saturated heterocycles. The van der Waals surface area contributed by atoms with E-state index in [1.807, 2.05) is 30.8 Å². The number of pyridine rings is 1. The highest BCUT2D eigenvalue weighted by molar-refractivity contribution is 6.00. The van der Waals surface area contributed by atoms with E-state index in [2.05, 4.69) is 16.5 Å². The first-order chi connectivity index (χ1) is 16.2. The molecular formula is C25H22F3N5O. The van der Waals surface area contributed by atoms with Crippen molar-refractivity contribution in [2.45, 2.75) is 39.2 Å². The summed E-state index contributed by atoms with van der Waals surface area (Å²) in [5.74, 6) is -0.181. The number of aromatic amines is 1. The second kappa shape index (κ2) is 7.86. The zero-order chi connectivity index (χ0) is 24.2. The van der Waals surface area contributed by atoms with Crippen molar-refractivity contribution in [3.8, 4) is 22.4 Å². The van der Waals surface area contributed by atoms with Crippen molar-refractivity contribution in [3.63, 3.8) is 0 Å². The van der Waals surface area contributed by atoms with Gasteiger partial charge < -0.3 is 9.88 Å². The molecule has 0 unspecified atom stereocenters.